The van der Waals surface area contributed by atoms with E-state index >= 15 is 0 Å². The molecule has 12 nitrogen and oxygen atoms in total. The van der Waals surface area contributed by atoms with Gasteiger partial charge in [0.05, 0.1) is 24.1 Å². The van der Waals surface area contributed by atoms with E-state index in [2.05, 4.69) is 42.5 Å². The maximum Gasteiger partial charge on any atom is 0.361 e. The van der Waals surface area contributed by atoms with Gasteiger partial charge < -0.3 is 30.9 Å². The van der Waals surface area contributed by atoms with Crippen LogP contribution in [0.5, 0.6) is 0 Å². The number of rotatable bonds is 8. The van der Waals surface area contributed by atoms with Crippen molar-refractivity contribution in [3.63, 3.8) is 0 Å². The molecule has 2 fully saturated rings. The molecular weight excluding hydrogens is 558 g/mol. The Kier molecular flexibility index (Phi) is 8.80. The van der Waals surface area contributed by atoms with Gasteiger partial charge in [0.15, 0.2) is 11.5 Å². The molecule has 0 spiro atoms. The Morgan fingerprint density at radius 2 is 1.80 bits per heavy atom. The Morgan fingerprint density at radius 3 is 2.57 bits per heavy atom. The van der Waals surface area contributed by atoms with E-state index < -0.39 is 18.0 Å². The van der Waals surface area contributed by atoms with Gasteiger partial charge in [0.25, 0.3) is 5.91 Å². The summed E-state index contributed by atoms with van der Waals surface area (Å²) < 4.78 is 7.74. The second-order valence-electron chi connectivity index (χ2n) is 11.2. The lowest BCUT2D eigenvalue weighted by atomic mass is 10.1. The summed E-state index contributed by atoms with van der Waals surface area (Å²) in [6, 6.07) is 16.8. The average Bonchev–Trinajstić information content (AvgIpc) is 3.55. The summed E-state index contributed by atoms with van der Waals surface area (Å²) in [5.74, 6) is -1.43. The second kappa shape index (κ2) is 13.2. The van der Waals surface area contributed by atoms with Crippen LogP contribution in [-0.2, 0) is 9.53 Å². The first-order valence-corrected chi connectivity index (χ1v) is 14.9. The minimum absolute atomic E-state index is 0.0865. The number of carbonyl (C=O) groups excluding carboxylic acids is 2. The number of piperazine rings is 1. The monoisotopic (exact) mass is 595 g/mol. The third kappa shape index (κ3) is 6.71. The number of carbonyl (C=O) groups is 2. The van der Waals surface area contributed by atoms with Crippen LogP contribution in [-0.4, -0.2) is 82.8 Å². The van der Waals surface area contributed by atoms with Gasteiger partial charge in [0, 0.05) is 54.9 Å². The average molecular weight is 596 g/mol. The molecule has 0 aliphatic carbocycles. The molecule has 4 aromatic rings. The number of hydrogen-bond acceptors (Lipinski definition) is 10. The fourth-order valence-corrected chi connectivity index (χ4v) is 5.55. The van der Waals surface area contributed by atoms with Crippen LogP contribution >= 0.6 is 0 Å². The number of hydrogen-bond donors (Lipinski definition) is 3. The van der Waals surface area contributed by atoms with Crippen molar-refractivity contribution < 1.29 is 14.3 Å². The van der Waals surface area contributed by atoms with Gasteiger partial charge >= 0.3 is 5.97 Å². The van der Waals surface area contributed by atoms with Gasteiger partial charge in [-0.1, -0.05) is 36.4 Å². The molecule has 44 heavy (non-hydrogen) atoms. The van der Waals surface area contributed by atoms with Crippen LogP contribution < -0.4 is 21.3 Å². The van der Waals surface area contributed by atoms with Crippen LogP contribution in [0.15, 0.2) is 73.2 Å². The zero-order valence-corrected chi connectivity index (χ0v) is 24.7. The van der Waals surface area contributed by atoms with Crippen LogP contribution in [0, 0.1) is 0 Å². The number of anilines is 3. The summed E-state index contributed by atoms with van der Waals surface area (Å²) in [6.45, 7) is 5.62. The predicted molar refractivity (Wildman–Crippen MR) is 168 cm³/mol. The number of esters is 1. The maximum atomic E-state index is 13.6. The number of aromatic nitrogens is 4. The molecule has 2 aliphatic heterocycles. The minimum Gasteiger partial charge on any atom is -0.442 e. The second-order valence-corrected chi connectivity index (χ2v) is 11.2. The van der Waals surface area contributed by atoms with Crippen molar-refractivity contribution in [2.24, 2.45) is 0 Å². The Labute approximate surface area is 256 Å². The molecule has 2 aromatic carbocycles. The first-order valence-electron chi connectivity index (χ1n) is 14.9. The number of benzene rings is 2. The van der Waals surface area contributed by atoms with Crippen LogP contribution in [0.25, 0.3) is 11.3 Å². The van der Waals surface area contributed by atoms with E-state index in [0.717, 1.165) is 57.8 Å². The minimum atomic E-state index is -1.25. The molecule has 1 atom stereocenters. The molecule has 0 saturated carbocycles. The van der Waals surface area contributed by atoms with Gasteiger partial charge in [-0.05, 0) is 51.2 Å². The fourth-order valence-electron chi connectivity index (χ4n) is 5.55. The summed E-state index contributed by atoms with van der Waals surface area (Å²) in [6.07, 6.45) is 5.83. The van der Waals surface area contributed by atoms with Crippen molar-refractivity contribution in [2.45, 2.75) is 25.0 Å². The summed E-state index contributed by atoms with van der Waals surface area (Å²) in [5, 5.41) is 10.8. The fraction of sp³-hybridized carbons (Fsp3) is 0.344. The lowest BCUT2D eigenvalue weighted by Gasteiger charge is -2.34. The molecule has 12 heteroatoms. The van der Waals surface area contributed by atoms with Crippen molar-refractivity contribution in [1.29, 1.82) is 0 Å². The topological polar surface area (TPSA) is 144 Å². The molecule has 0 bridgehead atoms. The van der Waals surface area contributed by atoms with E-state index in [-0.39, 0.29) is 11.5 Å². The molecule has 4 heterocycles. The molecular formula is C32H37N9O3. The maximum absolute atomic E-state index is 13.6. The number of piperidine rings is 1. The largest absolute Gasteiger partial charge is 0.442 e. The molecule has 0 radical (unpaired) electrons. The number of nitrogens with two attached hydrogens (primary N) is 1. The zero-order chi connectivity index (χ0) is 30.5. The predicted octanol–water partition coefficient (Wildman–Crippen LogP) is 3.14. The van der Waals surface area contributed by atoms with Gasteiger partial charge in [-0.15, -0.1) is 0 Å². The van der Waals surface area contributed by atoms with Crippen LogP contribution in [0.4, 0.5) is 17.2 Å². The van der Waals surface area contributed by atoms with E-state index in [1.807, 2.05) is 41.2 Å². The van der Waals surface area contributed by atoms with E-state index in [9.17, 15) is 9.59 Å². The quantitative estimate of drug-likeness (QED) is 0.260. The summed E-state index contributed by atoms with van der Waals surface area (Å²) in [4.78, 5) is 40.4. The Bertz CT molecular complexity index is 1600. The number of nitrogens with zero attached hydrogens (tertiary/aromatic N) is 6. The highest BCUT2D eigenvalue weighted by Gasteiger charge is 2.28. The first-order chi connectivity index (χ1) is 21.4. The smallest absolute Gasteiger partial charge is 0.361 e. The van der Waals surface area contributed by atoms with Crippen molar-refractivity contribution in [2.75, 3.05) is 62.3 Å². The molecule has 2 aliphatic rings. The highest BCUT2D eigenvalue weighted by molar-refractivity contribution is 5.99. The Hall–Kier alpha value is -4.81. The number of likely N-dealkylation sites (N-methyl/N-ethyl adjacent to an activating group) is 1. The van der Waals surface area contributed by atoms with Gasteiger partial charge in [-0.25, -0.2) is 14.8 Å². The van der Waals surface area contributed by atoms with Crippen molar-refractivity contribution in [3.05, 3.63) is 84.4 Å². The van der Waals surface area contributed by atoms with Crippen molar-refractivity contribution in [1.82, 2.24) is 30.0 Å². The van der Waals surface area contributed by atoms with Gasteiger partial charge in [-0.2, -0.15) is 5.10 Å². The number of amides is 1. The first kappa shape index (κ1) is 29.3. The lowest BCUT2D eigenvalue weighted by Crippen LogP contribution is -2.44. The SMILES string of the molecule is CN1CCN(c2cccc(NC(=O)[C@H](OC(=O)c3nc(-c4cnn(C5CCNCC5)c4)cnc3N)c3ccccc3)c2)CC1. The van der Waals surface area contributed by atoms with E-state index in [1.54, 1.807) is 30.5 Å². The third-order valence-corrected chi connectivity index (χ3v) is 8.12. The molecule has 6 rings (SSSR count). The lowest BCUT2D eigenvalue weighted by molar-refractivity contribution is -0.125. The van der Waals surface area contributed by atoms with E-state index in [1.165, 1.54) is 6.20 Å². The molecule has 228 valence electrons. The van der Waals surface area contributed by atoms with Crippen molar-refractivity contribution in [3.8, 4) is 11.3 Å². The van der Waals surface area contributed by atoms with Gasteiger partial charge in [0.2, 0.25) is 6.10 Å². The Morgan fingerprint density at radius 1 is 1.02 bits per heavy atom. The van der Waals surface area contributed by atoms with Gasteiger partial charge in [-0.3, -0.25) is 9.48 Å². The zero-order valence-electron chi connectivity index (χ0n) is 24.7. The molecule has 4 N–H and O–H groups in total. The Balaban J connectivity index is 1.20. The summed E-state index contributed by atoms with van der Waals surface area (Å²) >= 11 is 0. The molecule has 2 aromatic heterocycles. The normalized spacial score (nSPS) is 16.8. The summed E-state index contributed by atoms with van der Waals surface area (Å²) in [7, 11) is 2.11. The van der Waals surface area contributed by atoms with E-state index in [4.69, 9.17) is 10.5 Å². The molecule has 2 saturated heterocycles. The number of nitrogen functional groups attached to an aromatic ring is 1. The molecule has 1 amide bonds. The molecule has 0 unspecified atom stereocenters. The van der Waals surface area contributed by atoms with Crippen LogP contribution in [0.3, 0.4) is 0 Å². The number of nitrogens with one attached hydrogen (secondary N) is 2. The standard InChI is InChI=1S/C32H37N9O3/c1-39-14-16-40(17-15-39)26-9-5-8-24(18-26)37-31(42)29(22-6-3-2-4-7-22)44-32(43)28-30(33)35-20-27(38-28)23-19-36-41(21-23)25-10-12-34-13-11-25/h2-9,18-21,25,29,34H,10-17H2,1H3,(H2,33,35)(H,37,42)/t29-/m1/s1. The highest BCUT2D eigenvalue weighted by Crippen LogP contribution is 2.27. The van der Waals surface area contributed by atoms with Crippen LogP contribution in [0.2, 0.25) is 0 Å². The van der Waals surface area contributed by atoms with Crippen LogP contribution in [0.1, 0.15) is 41.0 Å². The third-order valence-electron chi connectivity index (χ3n) is 8.12. The van der Waals surface area contributed by atoms with E-state index in [0.29, 0.717) is 28.6 Å². The highest BCUT2D eigenvalue weighted by atomic mass is 16.5. The van der Waals surface area contributed by atoms with Gasteiger partial charge in [0.1, 0.15) is 0 Å². The summed E-state index contributed by atoms with van der Waals surface area (Å²) in [5.41, 5.74) is 9.22. The van der Waals surface area contributed by atoms with Crippen molar-refractivity contribution >= 4 is 29.1 Å². The number of ether oxygens (including phenoxy) is 1.